The van der Waals surface area contributed by atoms with Crippen LogP contribution >= 0.6 is 0 Å². The maximum Gasteiger partial charge on any atom is -0.0200 e. The van der Waals surface area contributed by atoms with Crippen molar-refractivity contribution in [3.63, 3.8) is 0 Å². The second kappa shape index (κ2) is 6.23. The van der Waals surface area contributed by atoms with Crippen LogP contribution in [0.3, 0.4) is 0 Å². The van der Waals surface area contributed by atoms with Gasteiger partial charge in [-0.3, -0.25) is 0 Å². The molecule has 0 aliphatic heterocycles. The van der Waals surface area contributed by atoms with E-state index in [4.69, 9.17) is 0 Å². The molecule has 0 N–H and O–H groups in total. The summed E-state index contributed by atoms with van der Waals surface area (Å²) >= 11 is 0. The Hall–Kier alpha value is -1.30. The third kappa shape index (κ3) is 4.16. The predicted molar refractivity (Wildman–Crippen MR) is 68.7 cm³/mol. The number of benzene rings is 1. The Balaban J connectivity index is 2.47. The smallest absolute Gasteiger partial charge is 0.0200 e. The molecule has 0 amide bonds. The van der Waals surface area contributed by atoms with E-state index in [0.29, 0.717) is 5.92 Å². The molecule has 0 heteroatoms. The monoisotopic (exact) mass is 200 g/mol. The molecule has 1 aromatic rings. The van der Waals surface area contributed by atoms with Gasteiger partial charge in [0.15, 0.2) is 0 Å². The van der Waals surface area contributed by atoms with Gasteiger partial charge in [0.05, 0.1) is 0 Å². The maximum absolute atomic E-state index is 2.27. The van der Waals surface area contributed by atoms with Crippen LogP contribution in [0.5, 0.6) is 0 Å². The van der Waals surface area contributed by atoms with Crippen molar-refractivity contribution >= 4 is 6.08 Å². The summed E-state index contributed by atoms with van der Waals surface area (Å²) in [6.07, 6.45) is 7.76. The summed E-state index contributed by atoms with van der Waals surface area (Å²) in [5.41, 5.74) is 2.75. The van der Waals surface area contributed by atoms with Gasteiger partial charge >= 0.3 is 0 Å². The summed E-state index contributed by atoms with van der Waals surface area (Å²) in [7, 11) is 0. The molecular formula is C15H20. The largest absolute Gasteiger partial charge is 0.0885 e. The molecule has 0 aliphatic rings. The van der Waals surface area contributed by atoms with Crippen LogP contribution in [-0.4, -0.2) is 0 Å². The quantitative estimate of drug-likeness (QED) is 0.618. The normalized spacial score (nSPS) is 14.5. The van der Waals surface area contributed by atoms with Gasteiger partial charge in [-0.1, -0.05) is 61.1 Å². The highest BCUT2D eigenvalue weighted by molar-refractivity contribution is 5.48. The Kier molecular flexibility index (Phi) is 4.89. The van der Waals surface area contributed by atoms with Gasteiger partial charge in [-0.25, -0.2) is 0 Å². The van der Waals surface area contributed by atoms with Gasteiger partial charge in [0.25, 0.3) is 0 Å². The lowest BCUT2D eigenvalue weighted by atomic mass is 9.98. The van der Waals surface area contributed by atoms with Crippen LogP contribution in [0.4, 0.5) is 0 Å². The Bertz CT molecular complexity index is 330. The van der Waals surface area contributed by atoms with E-state index in [-0.39, 0.29) is 0 Å². The Labute approximate surface area is 93.3 Å². The van der Waals surface area contributed by atoms with Crippen LogP contribution in [0.2, 0.25) is 0 Å². The summed E-state index contributed by atoms with van der Waals surface area (Å²) in [6, 6.07) is 10.4. The highest BCUT2D eigenvalue weighted by atomic mass is 14.0. The highest BCUT2D eigenvalue weighted by Gasteiger charge is 1.99. The molecular weight excluding hydrogens is 180 g/mol. The van der Waals surface area contributed by atoms with Crippen LogP contribution in [0.25, 0.3) is 6.08 Å². The van der Waals surface area contributed by atoms with E-state index in [1.807, 2.05) is 6.07 Å². The van der Waals surface area contributed by atoms with E-state index in [2.05, 4.69) is 63.3 Å². The Morgan fingerprint density at radius 2 is 1.93 bits per heavy atom. The summed E-state index contributed by atoms with van der Waals surface area (Å²) in [5, 5.41) is 0. The predicted octanol–water partition coefficient (Wildman–Crippen LogP) is 4.69. The van der Waals surface area contributed by atoms with Gasteiger partial charge in [-0.15, -0.1) is 0 Å². The second-order valence-electron chi connectivity index (χ2n) is 3.98. The van der Waals surface area contributed by atoms with Crippen molar-refractivity contribution in [2.45, 2.75) is 27.2 Å². The minimum Gasteiger partial charge on any atom is -0.0885 e. The van der Waals surface area contributed by atoms with E-state index in [0.717, 1.165) is 6.42 Å². The molecule has 0 nitrogen and oxygen atoms in total. The van der Waals surface area contributed by atoms with Crippen molar-refractivity contribution in [3.8, 4) is 0 Å². The molecule has 0 spiro atoms. The standard InChI is InChI=1S/C15H20/c1-4-13(2)14(3)9-8-12-15-10-6-5-7-11-15/h4-8,10-12,14H,9H2,1-3H3. The van der Waals surface area contributed by atoms with E-state index >= 15 is 0 Å². The lowest BCUT2D eigenvalue weighted by molar-refractivity contribution is 0.695. The molecule has 0 heterocycles. The van der Waals surface area contributed by atoms with E-state index in [1.165, 1.54) is 11.1 Å². The van der Waals surface area contributed by atoms with Gasteiger partial charge < -0.3 is 0 Å². The first-order chi connectivity index (χ1) is 7.24. The lowest BCUT2D eigenvalue weighted by Gasteiger charge is -2.08. The third-order valence-corrected chi connectivity index (χ3v) is 2.83. The Morgan fingerprint density at radius 1 is 1.27 bits per heavy atom. The minimum atomic E-state index is 0.648. The number of hydrogen-bond acceptors (Lipinski definition) is 0. The molecule has 1 atom stereocenters. The van der Waals surface area contributed by atoms with Crippen LogP contribution in [0.1, 0.15) is 32.8 Å². The number of rotatable bonds is 4. The number of hydrogen-bond donors (Lipinski definition) is 0. The molecule has 15 heavy (non-hydrogen) atoms. The van der Waals surface area contributed by atoms with E-state index in [9.17, 15) is 0 Å². The zero-order chi connectivity index (χ0) is 11.1. The van der Waals surface area contributed by atoms with Gasteiger partial charge in [0, 0.05) is 0 Å². The third-order valence-electron chi connectivity index (χ3n) is 2.83. The highest BCUT2D eigenvalue weighted by Crippen LogP contribution is 2.15. The molecule has 0 saturated carbocycles. The molecule has 80 valence electrons. The van der Waals surface area contributed by atoms with Crippen molar-refractivity contribution in [3.05, 3.63) is 53.6 Å². The van der Waals surface area contributed by atoms with Crippen LogP contribution < -0.4 is 0 Å². The molecule has 1 rings (SSSR count). The fourth-order valence-corrected chi connectivity index (χ4v) is 1.44. The van der Waals surface area contributed by atoms with Crippen molar-refractivity contribution in [2.24, 2.45) is 5.92 Å². The molecule has 1 aromatic carbocycles. The van der Waals surface area contributed by atoms with Crippen molar-refractivity contribution < 1.29 is 0 Å². The molecule has 0 aromatic heterocycles. The van der Waals surface area contributed by atoms with Crippen LogP contribution in [-0.2, 0) is 0 Å². The van der Waals surface area contributed by atoms with Crippen molar-refractivity contribution in [2.75, 3.05) is 0 Å². The summed E-state index contributed by atoms with van der Waals surface area (Å²) < 4.78 is 0. The van der Waals surface area contributed by atoms with Gasteiger partial charge in [-0.2, -0.15) is 0 Å². The average Bonchev–Trinajstić information content (AvgIpc) is 2.29. The first-order valence-corrected chi connectivity index (χ1v) is 5.58. The van der Waals surface area contributed by atoms with Gasteiger partial charge in [-0.05, 0) is 31.7 Å². The average molecular weight is 200 g/mol. The molecule has 0 fully saturated rings. The molecule has 0 saturated heterocycles. The second-order valence-corrected chi connectivity index (χ2v) is 3.98. The topological polar surface area (TPSA) is 0 Å². The fourth-order valence-electron chi connectivity index (χ4n) is 1.44. The fraction of sp³-hybridized carbons (Fsp3) is 0.333. The molecule has 0 radical (unpaired) electrons. The molecule has 0 bridgehead atoms. The van der Waals surface area contributed by atoms with E-state index in [1.54, 1.807) is 0 Å². The molecule has 0 aliphatic carbocycles. The zero-order valence-electron chi connectivity index (χ0n) is 9.90. The minimum absolute atomic E-state index is 0.648. The SMILES string of the molecule is CC=C(C)C(C)CC=Cc1ccccc1. The Morgan fingerprint density at radius 3 is 2.53 bits per heavy atom. The maximum atomic E-state index is 2.27. The van der Waals surface area contributed by atoms with Crippen molar-refractivity contribution in [1.29, 1.82) is 0 Å². The lowest BCUT2D eigenvalue weighted by Crippen LogP contribution is -1.93. The molecule has 1 unspecified atom stereocenters. The van der Waals surface area contributed by atoms with Crippen LogP contribution in [0.15, 0.2) is 48.1 Å². The summed E-state index contributed by atoms with van der Waals surface area (Å²) in [6.45, 7) is 6.57. The summed E-state index contributed by atoms with van der Waals surface area (Å²) in [4.78, 5) is 0. The van der Waals surface area contributed by atoms with Gasteiger partial charge in [0.2, 0.25) is 0 Å². The first-order valence-electron chi connectivity index (χ1n) is 5.58. The van der Waals surface area contributed by atoms with Crippen molar-refractivity contribution in [1.82, 2.24) is 0 Å². The van der Waals surface area contributed by atoms with E-state index < -0.39 is 0 Å². The number of allylic oxidation sites excluding steroid dienone is 3. The first kappa shape index (κ1) is 11.8. The van der Waals surface area contributed by atoms with Gasteiger partial charge in [0.1, 0.15) is 0 Å². The summed E-state index contributed by atoms with van der Waals surface area (Å²) in [5.74, 6) is 0.648. The van der Waals surface area contributed by atoms with Crippen LogP contribution in [0, 0.1) is 5.92 Å². The zero-order valence-corrected chi connectivity index (χ0v) is 9.90.